The van der Waals surface area contributed by atoms with Gasteiger partial charge in [0.25, 0.3) is 0 Å². The van der Waals surface area contributed by atoms with Gasteiger partial charge in [0.1, 0.15) is 23.2 Å². The monoisotopic (exact) mass is 549 g/mol. The van der Waals surface area contributed by atoms with Crippen molar-refractivity contribution in [1.82, 2.24) is 4.90 Å². The number of carbonyl (C=O) groups excluding carboxylic acids is 2. The summed E-state index contributed by atoms with van der Waals surface area (Å²) in [5.74, 6) is -1.64. The average Bonchev–Trinajstić information content (AvgIpc) is 3.22. The fourth-order valence-electron chi connectivity index (χ4n) is 9.30. The number of rotatable bonds is 3. The zero-order valence-electron chi connectivity index (χ0n) is 23.5. The molecule has 0 bridgehead atoms. The Bertz CT molecular complexity index is 1120. The maximum absolute atomic E-state index is 13.3. The molecule has 0 spiro atoms. The molecule has 0 aromatic carbocycles. The largest absolute Gasteiger partial charge is 0.454 e. The van der Waals surface area contributed by atoms with E-state index >= 15 is 0 Å². The number of hydrogen-bond donors (Lipinski definition) is 2. The van der Waals surface area contributed by atoms with E-state index in [0.29, 0.717) is 12.8 Å². The standard InChI is InChI=1S/C30H43NO6.ClH/c1-17-8-6-10-27(3)12-14-29(34)19(25(32)36-23(29)20(17)27)16-31(5)22-26(33)37-24-21-18(2)9-7-11-28(21,4)13-15-30(22,24)35;/h19,22-24,34-35H,6-16H2,1-5H3;1H/t19?,22?,23-,24+,27+,28-,29?,30?;/m1./s1. The quantitative estimate of drug-likeness (QED) is 0.401. The first-order valence-corrected chi connectivity index (χ1v) is 14.3. The third kappa shape index (κ3) is 3.71. The molecule has 4 aliphatic carbocycles. The molecule has 0 radical (unpaired) electrons. The Morgan fingerprint density at radius 2 is 1.26 bits per heavy atom. The van der Waals surface area contributed by atoms with Gasteiger partial charge in [-0.2, -0.15) is 0 Å². The molecule has 4 unspecified atom stereocenters. The number of carbonyl (C=O) groups is 2. The Labute approximate surface area is 232 Å². The Kier molecular flexibility index (Phi) is 6.70. The maximum atomic E-state index is 13.3. The molecule has 2 heterocycles. The molecule has 4 fully saturated rings. The zero-order valence-corrected chi connectivity index (χ0v) is 24.3. The van der Waals surface area contributed by atoms with Crippen molar-refractivity contribution in [1.29, 1.82) is 0 Å². The molecule has 38 heavy (non-hydrogen) atoms. The van der Waals surface area contributed by atoms with Crippen LogP contribution in [-0.2, 0) is 19.1 Å². The Morgan fingerprint density at radius 1 is 0.789 bits per heavy atom. The number of nitrogens with zero attached hydrogens (tertiary/aromatic N) is 1. The van der Waals surface area contributed by atoms with Crippen molar-refractivity contribution in [3.05, 3.63) is 22.3 Å². The smallest absolute Gasteiger partial charge is 0.327 e. The summed E-state index contributed by atoms with van der Waals surface area (Å²) in [5, 5.41) is 24.0. The molecule has 2 N–H and O–H groups in total. The van der Waals surface area contributed by atoms with Gasteiger partial charge in [-0.3, -0.25) is 14.5 Å². The van der Waals surface area contributed by atoms with Crippen LogP contribution in [0.3, 0.4) is 0 Å². The van der Waals surface area contributed by atoms with Crippen LogP contribution >= 0.6 is 12.4 Å². The maximum Gasteiger partial charge on any atom is 0.327 e. The van der Waals surface area contributed by atoms with Gasteiger partial charge >= 0.3 is 11.9 Å². The van der Waals surface area contributed by atoms with E-state index in [4.69, 9.17) is 9.47 Å². The molecular weight excluding hydrogens is 506 g/mol. The van der Waals surface area contributed by atoms with Gasteiger partial charge in [-0.15, -0.1) is 12.4 Å². The minimum absolute atomic E-state index is 0. The van der Waals surface area contributed by atoms with Crippen LogP contribution in [-0.4, -0.2) is 70.1 Å². The third-order valence-electron chi connectivity index (χ3n) is 11.3. The number of aliphatic hydroxyl groups is 2. The van der Waals surface area contributed by atoms with Crippen molar-refractivity contribution in [2.45, 2.75) is 121 Å². The van der Waals surface area contributed by atoms with Gasteiger partial charge in [-0.05, 0) is 107 Å². The highest BCUT2D eigenvalue weighted by Crippen LogP contribution is 2.59. The summed E-state index contributed by atoms with van der Waals surface area (Å²) in [5.41, 5.74) is 1.91. The lowest BCUT2D eigenvalue weighted by Crippen LogP contribution is -2.61. The molecule has 8 heteroatoms. The first-order valence-electron chi connectivity index (χ1n) is 14.3. The lowest BCUT2D eigenvalue weighted by Gasteiger charge is -2.51. The van der Waals surface area contributed by atoms with Crippen molar-refractivity contribution < 1.29 is 29.3 Å². The molecule has 6 aliphatic rings. The summed E-state index contributed by atoms with van der Waals surface area (Å²) in [4.78, 5) is 28.4. The molecule has 2 aliphatic heterocycles. The lowest BCUT2D eigenvalue weighted by atomic mass is 9.57. The van der Waals surface area contributed by atoms with Crippen molar-refractivity contribution in [3.8, 4) is 0 Å². The molecule has 0 amide bonds. The van der Waals surface area contributed by atoms with Gasteiger partial charge in [0.05, 0.1) is 0 Å². The second-order valence-corrected chi connectivity index (χ2v) is 13.7. The minimum Gasteiger partial charge on any atom is -0.454 e. The number of ether oxygens (including phenoxy) is 2. The number of allylic oxidation sites excluding steroid dienone is 2. The SMILES string of the molecule is CC1=C2[C@H]3OC(=O)C(CN(C)C4C(=O)O[C@H]5C6=C(C)CCC[C@]6(C)CCC45O)C3(O)CC[C@]2(C)CCC1.Cl. The first-order chi connectivity index (χ1) is 17.3. The number of likely N-dealkylation sites (N-methyl/N-ethyl adjacent to an activating group) is 1. The van der Waals surface area contributed by atoms with Crippen LogP contribution in [0.25, 0.3) is 0 Å². The van der Waals surface area contributed by atoms with E-state index in [1.54, 1.807) is 11.9 Å². The second-order valence-electron chi connectivity index (χ2n) is 13.7. The number of hydrogen-bond acceptors (Lipinski definition) is 7. The van der Waals surface area contributed by atoms with E-state index in [1.165, 1.54) is 11.1 Å². The van der Waals surface area contributed by atoms with Gasteiger partial charge in [-0.1, -0.05) is 25.0 Å². The van der Waals surface area contributed by atoms with E-state index in [-0.39, 0.29) is 29.8 Å². The van der Waals surface area contributed by atoms with Crippen molar-refractivity contribution >= 4 is 24.3 Å². The van der Waals surface area contributed by atoms with Crippen LogP contribution in [0.4, 0.5) is 0 Å². The Hall–Kier alpha value is -1.41. The molecule has 0 aromatic rings. The van der Waals surface area contributed by atoms with Gasteiger partial charge < -0.3 is 19.7 Å². The normalized spacial score (nSPS) is 46.1. The van der Waals surface area contributed by atoms with Crippen molar-refractivity contribution in [3.63, 3.8) is 0 Å². The highest BCUT2D eigenvalue weighted by Gasteiger charge is 2.67. The van der Waals surface area contributed by atoms with Gasteiger partial charge in [-0.25, -0.2) is 0 Å². The van der Waals surface area contributed by atoms with Gasteiger partial charge in [0, 0.05) is 6.54 Å². The van der Waals surface area contributed by atoms with E-state index in [0.717, 1.165) is 62.5 Å². The molecule has 8 atom stereocenters. The topological polar surface area (TPSA) is 96.3 Å². The van der Waals surface area contributed by atoms with Crippen LogP contribution in [0.2, 0.25) is 0 Å². The molecule has 2 saturated carbocycles. The van der Waals surface area contributed by atoms with Crippen LogP contribution in [0.5, 0.6) is 0 Å². The predicted molar refractivity (Wildman–Crippen MR) is 145 cm³/mol. The predicted octanol–water partition coefficient (Wildman–Crippen LogP) is 4.24. The van der Waals surface area contributed by atoms with E-state index in [9.17, 15) is 19.8 Å². The van der Waals surface area contributed by atoms with Gasteiger partial charge in [0.2, 0.25) is 0 Å². The molecule has 2 saturated heterocycles. The minimum atomic E-state index is -1.35. The number of halogens is 1. The first kappa shape index (κ1) is 28.1. The fourth-order valence-corrected chi connectivity index (χ4v) is 9.30. The summed E-state index contributed by atoms with van der Waals surface area (Å²) >= 11 is 0. The van der Waals surface area contributed by atoms with E-state index in [1.807, 2.05) is 0 Å². The van der Waals surface area contributed by atoms with E-state index in [2.05, 4.69) is 27.7 Å². The number of fused-ring (bicyclic) bond motifs is 6. The molecular formula is C30H44ClNO6. The third-order valence-corrected chi connectivity index (χ3v) is 11.3. The average molecular weight is 550 g/mol. The van der Waals surface area contributed by atoms with E-state index < -0.39 is 47.3 Å². The molecule has 212 valence electrons. The molecule has 6 rings (SSSR count). The zero-order chi connectivity index (χ0) is 26.5. The van der Waals surface area contributed by atoms with Crippen molar-refractivity contribution in [2.24, 2.45) is 16.7 Å². The lowest BCUT2D eigenvalue weighted by molar-refractivity contribution is -0.147. The summed E-state index contributed by atoms with van der Waals surface area (Å²) < 4.78 is 11.9. The highest BCUT2D eigenvalue weighted by atomic mass is 35.5. The van der Waals surface area contributed by atoms with Crippen LogP contribution < -0.4 is 0 Å². The molecule has 0 aromatic heterocycles. The van der Waals surface area contributed by atoms with Crippen molar-refractivity contribution in [2.75, 3.05) is 13.6 Å². The second kappa shape index (κ2) is 9.05. The highest BCUT2D eigenvalue weighted by molar-refractivity contribution is 5.85. The fraction of sp³-hybridized carbons (Fsp3) is 0.800. The van der Waals surface area contributed by atoms with Crippen LogP contribution in [0.15, 0.2) is 22.3 Å². The molecule has 7 nitrogen and oxygen atoms in total. The van der Waals surface area contributed by atoms with Crippen LogP contribution in [0.1, 0.15) is 91.9 Å². The van der Waals surface area contributed by atoms with Gasteiger partial charge in [0.15, 0.2) is 12.2 Å². The summed E-state index contributed by atoms with van der Waals surface area (Å²) in [7, 11) is 1.77. The Morgan fingerprint density at radius 3 is 1.82 bits per heavy atom. The van der Waals surface area contributed by atoms with Crippen LogP contribution in [0, 0.1) is 16.7 Å². The summed E-state index contributed by atoms with van der Waals surface area (Å²) in [6.45, 7) is 8.82. The summed E-state index contributed by atoms with van der Waals surface area (Å²) in [6.07, 6.45) is 7.55. The summed E-state index contributed by atoms with van der Waals surface area (Å²) in [6, 6.07) is -0.885. The Balaban J connectivity index is 0.00000294. The number of esters is 2.